The molecule has 1 saturated heterocycles. The monoisotopic (exact) mass is 378 g/mol. The van der Waals surface area contributed by atoms with Gasteiger partial charge < -0.3 is 10.2 Å². The van der Waals surface area contributed by atoms with Crippen LogP contribution in [0.3, 0.4) is 0 Å². The summed E-state index contributed by atoms with van der Waals surface area (Å²) in [4.78, 5) is 26.2. The lowest BCUT2D eigenvalue weighted by Gasteiger charge is -2.16. The summed E-state index contributed by atoms with van der Waals surface area (Å²) in [5.41, 5.74) is 2.69. The average molecular weight is 378 g/mol. The molecule has 6 nitrogen and oxygen atoms in total. The Morgan fingerprint density at radius 3 is 2.75 bits per heavy atom. The molecule has 7 heteroatoms. The van der Waals surface area contributed by atoms with E-state index in [0.29, 0.717) is 30.8 Å². The summed E-state index contributed by atoms with van der Waals surface area (Å²) in [6, 6.07) is 13.2. The van der Waals surface area contributed by atoms with Crippen LogP contribution in [0.25, 0.3) is 0 Å². The highest BCUT2D eigenvalue weighted by molar-refractivity contribution is 6.05. The molecule has 0 unspecified atom stereocenters. The summed E-state index contributed by atoms with van der Waals surface area (Å²) >= 11 is 0. The van der Waals surface area contributed by atoms with E-state index in [2.05, 4.69) is 10.4 Å². The highest BCUT2D eigenvalue weighted by Crippen LogP contribution is 2.22. The first-order valence-electron chi connectivity index (χ1n) is 9.07. The topological polar surface area (TPSA) is 67.2 Å². The van der Waals surface area contributed by atoms with E-state index < -0.39 is 0 Å². The van der Waals surface area contributed by atoms with Gasteiger partial charge in [0, 0.05) is 30.4 Å². The molecule has 3 aromatic rings. The molecule has 0 bridgehead atoms. The Morgan fingerprint density at radius 2 is 2.00 bits per heavy atom. The number of nitrogens with zero attached hydrogens (tertiary/aromatic N) is 3. The Morgan fingerprint density at radius 1 is 1.18 bits per heavy atom. The van der Waals surface area contributed by atoms with Gasteiger partial charge in [-0.25, -0.2) is 4.39 Å². The summed E-state index contributed by atoms with van der Waals surface area (Å²) in [6.45, 7) is 1.16. The van der Waals surface area contributed by atoms with Gasteiger partial charge in [0.25, 0.3) is 5.91 Å². The normalized spacial score (nSPS) is 13.8. The molecule has 1 aliphatic heterocycles. The maximum absolute atomic E-state index is 13.0. The zero-order chi connectivity index (χ0) is 19.5. The number of aromatic nitrogens is 2. The van der Waals surface area contributed by atoms with Crippen molar-refractivity contribution < 1.29 is 14.0 Å². The predicted molar refractivity (Wildman–Crippen MR) is 104 cm³/mol. The second-order valence-corrected chi connectivity index (χ2v) is 6.71. The standard InChI is InChI=1S/C21H19FN4O2/c22-17-8-6-15(7-9-17)13-25-14-18(12-23-25)24-21(28)16-3-1-4-19(11-16)26-10-2-5-20(26)27/h1,3-4,6-9,11-12,14H,2,5,10,13H2,(H,24,28). The Kier molecular flexibility index (Phi) is 4.89. The average Bonchev–Trinajstić information content (AvgIpc) is 3.32. The van der Waals surface area contributed by atoms with Crippen LogP contribution in [0.1, 0.15) is 28.8 Å². The number of halogens is 1. The summed E-state index contributed by atoms with van der Waals surface area (Å²) in [5, 5.41) is 7.04. The van der Waals surface area contributed by atoms with E-state index in [9.17, 15) is 14.0 Å². The zero-order valence-corrected chi connectivity index (χ0v) is 15.1. The number of hydrogen-bond acceptors (Lipinski definition) is 3. The van der Waals surface area contributed by atoms with Crippen molar-refractivity contribution >= 4 is 23.2 Å². The van der Waals surface area contributed by atoms with E-state index in [0.717, 1.165) is 17.7 Å². The third-order valence-corrected chi connectivity index (χ3v) is 4.64. The zero-order valence-electron chi connectivity index (χ0n) is 15.1. The molecule has 1 aliphatic rings. The quantitative estimate of drug-likeness (QED) is 0.739. The summed E-state index contributed by atoms with van der Waals surface area (Å²) in [5.74, 6) is -0.468. The Balaban J connectivity index is 1.43. The lowest BCUT2D eigenvalue weighted by molar-refractivity contribution is -0.117. The van der Waals surface area contributed by atoms with Gasteiger partial charge in [-0.3, -0.25) is 14.3 Å². The SMILES string of the molecule is O=C(Nc1cnn(Cc2ccc(F)cc2)c1)c1cccc(N2CCCC2=O)c1. The Hall–Kier alpha value is -3.48. The fourth-order valence-corrected chi connectivity index (χ4v) is 3.23. The van der Waals surface area contributed by atoms with Crippen LogP contribution in [0.15, 0.2) is 60.9 Å². The summed E-state index contributed by atoms with van der Waals surface area (Å²) in [7, 11) is 0. The molecule has 28 heavy (non-hydrogen) atoms. The lowest BCUT2D eigenvalue weighted by Crippen LogP contribution is -2.24. The van der Waals surface area contributed by atoms with Gasteiger partial charge in [0.05, 0.1) is 18.4 Å². The molecule has 1 N–H and O–H groups in total. The molecular formula is C21H19FN4O2. The molecule has 0 radical (unpaired) electrons. The molecule has 1 fully saturated rings. The third kappa shape index (κ3) is 3.93. The van der Waals surface area contributed by atoms with Crippen LogP contribution in [0, 0.1) is 5.82 Å². The number of amides is 2. The second kappa shape index (κ2) is 7.64. The van der Waals surface area contributed by atoms with Crippen molar-refractivity contribution in [3.8, 4) is 0 Å². The molecule has 0 saturated carbocycles. The molecule has 1 aromatic heterocycles. The molecule has 2 heterocycles. The van der Waals surface area contributed by atoms with E-state index in [4.69, 9.17) is 0 Å². The predicted octanol–water partition coefficient (Wildman–Crippen LogP) is 3.45. The number of nitrogens with one attached hydrogen (secondary N) is 1. The third-order valence-electron chi connectivity index (χ3n) is 4.64. The van der Waals surface area contributed by atoms with Crippen LogP contribution in [0.5, 0.6) is 0 Å². The summed E-state index contributed by atoms with van der Waals surface area (Å²) < 4.78 is 14.7. The minimum atomic E-state index is -0.282. The van der Waals surface area contributed by atoms with Crippen molar-refractivity contribution in [1.29, 1.82) is 0 Å². The van der Waals surface area contributed by atoms with Gasteiger partial charge in [-0.05, 0) is 42.3 Å². The number of benzene rings is 2. The van der Waals surface area contributed by atoms with Gasteiger partial charge in [-0.1, -0.05) is 18.2 Å². The second-order valence-electron chi connectivity index (χ2n) is 6.71. The molecule has 2 aromatic carbocycles. The van der Waals surface area contributed by atoms with Gasteiger partial charge in [-0.15, -0.1) is 0 Å². The maximum Gasteiger partial charge on any atom is 0.255 e. The number of carbonyl (C=O) groups is 2. The van der Waals surface area contributed by atoms with E-state index in [1.165, 1.54) is 12.1 Å². The Bertz CT molecular complexity index is 1010. The van der Waals surface area contributed by atoms with Crippen LogP contribution < -0.4 is 10.2 Å². The number of hydrogen-bond donors (Lipinski definition) is 1. The molecule has 0 spiro atoms. The number of anilines is 2. The largest absolute Gasteiger partial charge is 0.319 e. The van der Waals surface area contributed by atoms with E-state index in [1.54, 1.807) is 52.3 Å². The fraction of sp³-hybridized carbons (Fsp3) is 0.190. The lowest BCUT2D eigenvalue weighted by atomic mass is 10.1. The van der Waals surface area contributed by atoms with Gasteiger partial charge >= 0.3 is 0 Å². The molecular weight excluding hydrogens is 359 g/mol. The smallest absolute Gasteiger partial charge is 0.255 e. The van der Waals surface area contributed by atoms with Gasteiger partial charge in [-0.2, -0.15) is 5.10 Å². The first-order chi connectivity index (χ1) is 13.6. The van der Waals surface area contributed by atoms with Crippen LogP contribution in [0.2, 0.25) is 0 Å². The van der Waals surface area contributed by atoms with Crippen LogP contribution >= 0.6 is 0 Å². The van der Waals surface area contributed by atoms with Gasteiger partial charge in [0.1, 0.15) is 5.82 Å². The first kappa shape index (κ1) is 17.9. The molecule has 142 valence electrons. The fourth-order valence-electron chi connectivity index (χ4n) is 3.23. The Labute approximate surface area is 161 Å². The molecule has 0 aliphatic carbocycles. The first-order valence-corrected chi connectivity index (χ1v) is 9.07. The van der Waals surface area contributed by atoms with Crippen molar-refractivity contribution in [3.05, 3.63) is 77.9 Å². The van der Waals surface area contributed by atoms with E-state index >= 15 is 0 Å². The van der Waals surface area contributed by atoms with Crippen molar-refractivity contribution in [1.82, 2.24) is 9.78 Å². The minimum Gasteiger partial charge on any atom is -0.319 e. The van der Waals surface area contributed by atoms with Crippen molar-refractivity contribution in [3.63, 3.8) is 0 Å². The highest BCUT2D eigenvalue weighted by atomic mass is 19.1. The van der Waals surface area contributed by atoms with Crippen LogP contribution in [-0.4, -0.2) is 28.1 Å². The molecule has 2 amide bonds. The van der Waals surface area contributed by atoms with Crippen molar-refractivity contribution in [2.45, 2.75) is 19.4 Å². The molecule has 4 rings (SSSR count). The summed E-state index contributed by atoms with van der Waals surface area (Å²) in [6.07, 6.45) is 4.66. The molecule has 0 atom stereocenters. The van der Waals surface area contributed by atoms with Gasteiger partial charge in [0.15, 0.2) is 0 Å². The van der Waals surface area contributed by atoms with Crippen molar-refractivity contribution in [2.24, 2.45) is 0 Å². The number of carbonyl (C=O) groups excluding carboxylic acids is 2. The highest BCUT2D eigenvalue weighted by Gasteiger charge is 2.22. The van der Waals surface area contributed by atoms with Crippen molar-refractivity contribution in [2.75, 3.05) is 16.8 Å². The number of rotatable bonds is 5. The minimum absolute atomic E-state index is 0.0830. The van der Waals surface area contributed by atoms with Gasteiger partial charge in [0.2, 0.25) is 5.91 Å². The van der Waals surface area contributed by atoms with Crippen LogP contribution in [0.4, 0.5) is 15.8 Å². The van der Waals surface area contributed by atoms with E-state index in [1.807, 2.05) is 6.07 Å². The maximum atomic E-state index is 13.0. The van der Waals surface area contributed by atoms with E-state index in [-0.39, 0.29) is 17.6 Å². The van der Waals surface area contributed by atoms with Crippen LogP contribution in [-0.2, 0) is 11.3 Å².